The van der Waals surface area contributed by atoms with E-state index < -0.39 is 5.41 Å². The number of nitrogens with one attached hydrogen (secondary N) is 2. The normalized spacial score (nSPS) is 16.2. The summed E-state index contributed by atoms with van der Waals surface area (Å²) in [6, 6.07) is 21.0. The highest BCUT2D eigenvalue weighted by Crippen LogP contribution is 2.47. The van der Waals surface area contributed by atoms with Crippen LogP contribution in [0.5, 0.6) is 0 Å². The van der Waals surface area contributed by atoms with Crippen LogP contribution in [0.15, 0.2) is 72.9 Å². The highest BCUT2D eigenvalue weighted by molar-refractivity contribution is 5.96. The van der Waals surface area contributed by atoms with Crippen molar-refractivity contribution in [1.29, 1.82) is 0 Å². The second-order valence-corrected chi connectivity index (χ2v) is 10.5. The lowest BCUT2D eigenvalue weighted by molar-refractivity contribution is 0.0937. The summed E-state index contributed by atoms with van der Waals surface area (Å²) >= 11 is 0. The molecule has 1 heterocycles. The van der Waals surface area contributed by atoms with Gasteiger partial charge in [-0.25, -0.2) is 14.4 Å². The van der Waals surface area contributed by atoms with Gasteiger partial charge in [-0.05, 0) is 67.1 Å². The van der Waals surface area contributed by atoms with E-state index in [4.69, 9.17) is 4.98 Å². The lowest BCUT2D eigenvalue weighted by Crippen LogP contribution is -2.34. The molecule has 0 aliphatic heterocycles. The number of carbonyl (C=O) groups excluding carboxylic acids is 1. The number of nitrogens with zero attached hydrogens (tertiary/aromatic N) is 2. The van der Waals surface area contributed by atoms with Crippen molar-refractivity contribution in [2.24, 2.45) is 0 Å². The van der Waals surface area contributed by atoms with Gasteiger partial charge < -0.3 is 10.6 Å². The van der Waals surface area contributed by atoms with Gasteiger partial charge in [0, 0.05) is 17.7 Å². The van der Waals surface area contributed by atoms with Gasteiger partial charge in [0.15, 0.2) is 0 Å². The molecule has 1 aromatic heterocycles. The zero-order valence-electron chi connectivity index (χ0n) is 22.3. The third kappa shape index (κ3) is 5.00. The first-order valence-corrected chi connectivity index (χ1v) is 13.6. The van der Waals surface area contributed by atoms with Crippen LogP contribution in [0.2, 0.25) is 0 Å². The van der Waals surface area contributed by atoms with Gasteiger partial charge >= 0.3 is 0 Å². The summed E-state index contributed by atoms with van der Waals surface area (Å²) in [4.78, 5) is 23.4. The topological polar surface area (TPSA) is 66.9 Å². The number of anilines is 1. The molecule has 1 saturated carbocycles. The minimum absolute atomic E-state index is 0.194. The number of amides is 1. The Morgan fingerprint density at radius 1 is 1.00 bits per heavy atom. The largest absolute Gasteiger partial charge is 0.352 e. The molecule has 1 fully saturated rings. The number of aromatic nitrogens is 2. The van der Waals surface area contributed by atoms with Crippen molar-refractivity contribution in [3.63, 3.8) is 0 Å². The Kier molecular flexibility index (Phi) is 7.41. The fourth-order valence-corrected chi connectivity index (χ4v) is 5.69. The summed E-state index contributed by atoms with van der Waals surface area (Å²) in [7, 11) is 0. The summed E-state index contributed by atoms with van der Waals surface area (Å²) < 4.78 is 13.9. The highest BCUT2D eigenvalue weighted by Gasteiger charge is 2.42. The number of carbonyl (C=O) groups is 1. The molecule has 38 heavy (non-hydrogen) atoms. The smallest absolute Gasteiger partial charge is 0.255 e. The maximum atomic E-state index is 13.9. The maximum Gasteiger partial charge on any atom is 0.255 e. The van der Waals surface area contributed by atoms with E-state index >= 15 is 0 Å². The molecular formula is C32H35FN4O. The molecule has 0 bridgehead atoms. The van der Waals surface area contributed by atoms with Gasteiger partial charge in [0.05, 0.1) is 17.3 Å². The molecular weight excluding hydrogens is 475 g/mol. The molecule has 1 amide bonds. The minimum atomic E-state index is -0.474. The second kappa shape index (κ2) is 10.9. The van der Waals surface area contributed by atoms with Crippen LogP contribution in [0.3, 0.4) is 0 Å². The SMILES string of the molecule is CCC(C)Nc1ncc(C(=O)NC(C)c2cccc3ccccc23)c(C2(c3ccc(F)cc3)CCCC2)n1. The Bertz CT molecular complexity index is 1420. The van der Waals surface area contributed by atoms with E-state index in [9.17, 15) is 9.18 Å². The summed E-state index contributed by atoms with van der Waals surface area (Å²) in [6.07, 6.45) is 6.30. The van der Waals surface area contributed by atoms with Gasteiger partial charge in [-0.1, -0.05) is 74.4 Å². The van der Waals surface area contributed by atoms with E-state index in [1.807, 2.05) is 37.3 Å². The standard InChI is InChI=1S/C32H35FN4O/c1-4-21(2)35-31-34-20-28(29(37-31)32(18-7-8-19-32)24-14-16-25(33)17-15-24)30(38)36-22(3)26-13-9-11-23-10-5-6-12-27(23)26/h5-6,9-17,20-22H,4,7-8,18-19H2,1-3H3,(H,36,38)(H,34,35,37). The Morgan fingerprint density at radius 3 is 2.45 bits per heavy atom. The van der Waals surface area contributed by atoms with E-state index in [0.29, 0.717) is 17.2 Å². The molecule has 3 aromatic carbocycles. The molecule has 2 N–H and O–H groups in total. The summed E-state index contributed by atoms with van der Waals surface area (Å²) in [5, 5.41) is 8.84. The lowest BCUT2D eigenvalue weighted by Gasteiger charge is -2.31. The van der Waals surface area contributed by atoms with E-state index in [-0.39, 0.29) is 23.8 Å². The molecule has 2 unspecified atom stereocenters. The Labute approximate surface area is 223 Å². The predicted octanol–water partition coefficient (Wildman–Crippen LogP) is 7.33. The average Bonchev–Trinajstić information content (AvgIpc) is 3.44. The Hall–Kier alpha value is -3.80. The first kappa shape index (κ1) is 25.8. The van der Waals surface area contributed by atoms with Crippen molar-refractivity contribution in [3.8, 4) is 0 Å². The van der Waals surface area contributed by atoms with Crippen molar-refractivity contribution in [2.75, 3.05) is 5.32 Å². The van der Waals surface area contributed by atoms with Gasteiger partial charge in [0.25, 0.3) is 5.91 Å². The van der Waals surface area contributed by atoms with Crippen molar-refractivity contribution < 1.29 is 9.18 Å². The van der Waals surface area contributed by atoms with Crippen LogP contribution in [-0.2, 0) is 5.41 Å². The van der Waals surface area contributed by atoms with E-state index in [0.717, 1.165) is 54.0 Å². The summed E-state index contributed by atoms with van der Waals surface area (Å²) in [5.41, 5.74) is 2.75. The summed E-state index contributed by atoms with van der Waals surface area (Å²) in [5.74, 6) is 0.0379. The molecule has 5 nitrogen and oxygen atoms in total. The molecule has 1 aliphatic rings. The molecule has 0 spiro atoms. The van der Waals surface area contributed by atoms with Crippen LogP contribution >= 0.6 is 0 Å². The molecule has 4 aromatic rings. The first-order chi connectivity index (χ1) is 18.4. The summed E-state index contributed by atoms with van der Waals surface area (Å²) in [6.45, 7) is 6.19. The third-order valence-electron chi connectivity index (χ3n) is 7.97. The lowest BCUT2D eigenvalue weighted by atomic mass is 9.74. The number of hydrogen-bond donors (Lipinski definition) is 2. The number of hydrogen-bond acceptors (Lipinski definition) is 4. The van der Waals surface area contributed by atoms with E-state index in [2.05, 4.69) is 53.7 Å². The monoisotopic (exact) mass is 510 g/mol. The second-order valence-electron chi connectivity index (χ2n) is 10.5. The average molecular weight is 511 g/mol. The van der Waals surface area contributed by atoms with Gasteiger partial charge in [-0.15, -0.1) is 0 Å². The van der Waals surface area contributed by atoms with Crippen molar-refractivity contribution in [3.05, 3.63) is 101 Å². The van der Waals surface area contributed by atoms with Gasteiger partial charge in [-0.2, -0.15) is 0 Å². The molecule has 5 rings (SSSR count). The number of benzene rings is 3. The Morgan fingerprint density at radius 2 is 1.71 bits per heavy atom. The van der Waals surface area contributed by atoms with Crippen LogP contribution in [-0.4, -0.2) is 21.9 Å². The highest BCUT2D eigenvalue weighted by atomic mass is 19.1. The van der Waals surface area contributed by atoms with E-state index in [1.165, 1.54) is 12.1 Å². The molecule has 6 heteroatoms. The zero-order chi connectivity index (χ0) is 26.7. The fourth-order valence-electron chi connectivity index (χ4n) is 5.69. The fraction of sp³-hybridized carbons (Fsp3) is 0.344. The van der Waals surface area contributed by atoms with Crippen molar-refractivity contribution >= 4 is 22.6 Å². The van der Waals surface area contributed by atoms with Gasteiger partial charge in [-0.3, -0.25) is 4.79 Å². The molecule has 1 aliphatic carbocycles. The maximum absolute atomic E-state index is 13.9. The molecule has 2 atom stereocenters. The quantitative estimate of drug-likeness (QED) is 0.260. The van der Waals surface area contributed by atoms with Crippen LogP contribution in [0.25, 0.3) is 10.8 Å². The van der Waals surface area contributed by atoms with Crippen LogP contribution in [0, 0.1) is 5.82 Å². The number of fused-ring (bicyclic) bond motifs is 1. The van der Waals surface area contributed by atoms with Crippen molar-refractivity contribution in [1.82, 2.24) is 15.3 Å². The molecule has 196 valence electrons. The van der Waals surface area contributed by atoms with Gasteiger partial charge in [0.2, 0.25) is 5.95 Å². The predicted molar refractivity (Wildman–Crippen MR) is 151 cm³/mol. The van der Waals surface area contributed by atoms with Crippen LogP contribution in [0.1, 0.15) is 86.1 Å². The van der Waals surface area contributed by atoms with Crippen LogP contribution < -0.4 is 10.6 Å². The van der Waals surface area contributed by atoms with Gasteiger partial charge in [0.1, 0.15) is 5.82 Å². The third-order valence-corrected chi connectivity index (χ3v) is 7.97. The molecule has 0 saturated heterocycles. The van der Waals surface area contributed by atoms with E-state index in [1.54, 1.807) is 6.20 Å². The first-order valence-electron chi connectivity index (χ1n) is 13.6. The van der Waals surface area contributed by atoms with Crippen LogP contribution in [0.4, 0.5) is 10.3 Å². The minimum Gasteiger partial charge on any atom is -0.352 e. The van der Waals surface area contributed by atoms with Crippen molar-refractivity contribution in [2.45, 2.75) is 70.4 Å². The number of rotatable bonds is 8. The molecule has 0 radical (unpaired) electrons. The Balaban J connectivity index is 1.56. The number of halogens is 1. The zero-order valence-corrected chi connectivity index (χ0v) is 22.3.